The third kappa shape index (κ3) is 5.56. The number of rotatable bonds is 9. The summed E-state index contributed by atoms with van der Waals surface area (Å²) in [7, 11) is -3.25. The van der Waals surface area contributed by atoms with E-state index in [0.717, 1.165) is 47.8 Å². The molecule has 5 rings (SSSR count). The van der Waals surface area contributed by atoms with E-state index in [-0.39, 0.29) is 12.0 Å². The van der Waals surface area contributed by atoms with Crippen LogP contribution in [0.15, 0.2) is 42.5 Å². The van der Waals surface area contributed by atoms with Crippen LogP contribution in [-0.4, -0.2) is 37.4 Å². The van der Waals surface area contributed by atoms with E-state index in [9.17, 15) is 13.2 Å². The molecule has 9 heteroatoms. The van der Waals surface area contributed by atoms with E-state index >= 15 is 0 Å². The quantitative estimate of drug-likeness (QED) is 0.429. The van der Waals surface area contributed by atoms with Gasteiger partial charge >= 0.3 is 6.09 Å². The summed E-state index contributed by atoms with van der Waals surface area (Å²) in [5, 5.41) is 3.70. The highest BCUT2D eigenvalue weighted by atomic mass is 32.2. The maximum Gasteiger partial charge on any atom is 0.411 e. The van der Waals surface area contributed by atoms with Crippen LogP contribution in [0.25, 0.3) is 22.2 Å². The van der Waals surface area contributed by atoms with E-state index < -0.39 is 15.9 Å². The fraction of sp³-hybridized carbons (Fsp3) is 0.423. The third-order valence-electron chi connectivity index (χ3n) is 6.64. The number of carbonyl (C=O) groups excluding carboxylic acids is 1. The van der Waals surface area contributed by atoms with E-state index in [1.165, 1.54) is 12.8 Å². The predicted octanol–water partition coefficient (Wildman–Crippen LogP) is 5.03. The number of benzene rings is 2. The van der Waals surface area contributed by atoms with Crippen molar-refractivity contribution in [1.82, 2.24) is 4.57 Å². The van der Waals surface area contributed by atoms with Crippen molar-refractivity contribution in [2.75, 3.05) is 23.2 Å². The van der Waals surface area contributed by atoms with Gasteiger partial charge in [0.1, 0.15) is 11.9 Å². The maximum absolute atomic E-state index is 12.2. The normalized spacial score (nSPS) is 16.7. The lowest BCUT2D eigenvalue weighted by atomic mass is 10.1. The number of aromatic nitrogens is 1. The highest BCUT2D eigenvalue weighted by molar-refractivity contribution is 7.90. The molecule has 0 spiro atoms. The molecule has 2 saturated carbocycles. The van der Waals surface area contributed by atoms with Gasteiger partial charge in [-0.2, -0.15) is 0 Å². The number of nitrogens with zero attached hydrogens (tertiary/aromatic N) is 1. The lowest BCUT2D eigenvalue weighted by Gasteiger charge is -2.14. The Bertz CT molecular complexity index is 1360. The van der Waals surface area contributed by atoms with Crippen molar-refractivity contribution in [2.45, 2.75) is 45.3 Å². The Kier molecular flexibility index (Phi) is 6.13. The van der Waals surface area contributed by atoms with Crippen molar-refractivity contribution < 1.29 is 22.7 Å². The zero-order valence-electron chi connectivity index (χ0n) is 20.0. The summed E-state index contributed by atoms with van der Waals surface area (Å²) in [4.78, 5) is 12.2. The Hall–Kier alpha value is -3.20. The van der Waals surface area contributed by atoms with Crippen LogP contribution >= 0.6 is 0 Å². The number of carbonyl (C=O) groups is 1. The molecule has 35 heavy (non-hydrogen) atoms. The van der Waals surface area contributed by atoms with Gasteiger partial charge in [-0.15, -0.1) is 0 Å². The van der Waals surface area contributed by atoms with Crippen LogP contribution in [0.3, 0.4) is 0 Å². The van der Waals surface area contributed by atoms with E-state index in [0.29, 0.717) is 29.0 Å². The molecule has 2 aliphatic carbocycles. The first kappa shape index (κ1) is 23.5. The summed E-state index contributed by atoms with van der Waals surface area (Å²) in [6, 6.07) is 13.0. The highest BCUT2D eigenvalue weighted by Crippen LogP contribution is 2.41. The third-order valence-corrected chi connectivity index (χ3v) is 7.18. The number of fused-ring (bicyclic) bond motifs is 1. The molecule has 0 bridgehead atoms. The van der Waals surface area contributed by atoms with Crippen LogP contribution in [0.5, 0.6) is 5.75 Å². The predicted molar refractivity (Wildman–Crippen MR) is 137 cm³/mol. The molecule has 3 aromatic rings. The molecule has 1 atom stereocenters. The van der Waals surface area contributed by atoms with Gasteiger partial charge in [-0.1, -0.05) is 12.1 Å². The monoisotopic (exact) mass is 497 g/mol. The number of nitrogen functional groups attached to an aromatic ring is 1. The molecule has 0 radical (unpaired) electrons. The minimum absolute atomic E-state index is 0.0708. The SMILES string of the molecule is C[C@@H](OC(=O)Nc1ccc(-c2c(N)c3ccc(OCS(C)(=O)=O)cc3n2CC2CC2)cc1)C1CC1. The van der Waals surface area contributed by atoms with Crippen LogP contribution in [-0.2, 0) is 21.1 Å². The number of hydrogen-bond donors (Lipinski definition) is 2. The molecule has 0 aliphatic heterocycles. The van der Waals surface area contributed by atoms with Gasteiger partial charge in [-0.05, 0) is 68.7 Å². The first-order valence-corrected chi connectivity index (χ1v) is 14.0. The number of sulfone groups is 1. The average Bonchev–Trinajstić information content (AvgIpc) is 3.72. The number of nitrogens with one attached hydrogen (secondary N) is 1. The fourth-order valence-corrected chi connectivity index (χ4v) is 4.72. The van der Waals surface area contributed by atoms with E-state index in [1.807, 2.05) is 43.3 Å². The number of hydrogen-bond acceptors (Lipinski definition) is 6. The van der Waals surface area contributed by atoms with Gasteiger partial charge in [0.15, 0.2) is 15.8 Å². The van der Waals surface area contributed by atoms with Crippen molar-refractivity contribution in [3.8, 4) is 17.0 Å². The molecule has 8 nitrogen and oxygen atoms in total. The Labute approximate surface area is 205 Å². The molecule has 3 N–H and O–H groups in total. The lowest BCUT2D eigenvalue weighted by Crippen LogP contribution is -2.21. The Morgan fingerprint density at radius 2 is 1.86 bits per heavy atom. The van der Waals surface area contributed by atoms with Crippen molar-refractivity contribution in [3.05, 3.63) is 42.5 Å². The molecule has 186 valence electrons. The Morgan fingerprint density at radius 1 is 1.14 bits per heavy atom. The molecular weight excluding hydrogens is 466 g/mol. The van der Waals surface area contributed by atoms with Crippen LogP contribution in [0.2, 0.25) is 0 Å². The molecular formula is C26H31N3O5S. The molecule has 0 saturated heterocycles. The second kappa shape index (κ2) is 9.11. The van der Waals surface area contributed by atoms with Gasteiger partial charge < -0.3 is 19.8 Å². The highest BCUT2D eigenvalue weighted by Gasteiger charge is 2.30. The summed E-state index contributed by atoms with van der Waals surface area (Å²) in [6.07, 6.45) is 5.21. The van der Waals surface area contributed by atoms with Gasteiger partial charge in [-0.25, -0.2) is 13.2 Å². The zero-order valence-corrected chi connectivity index (χ0v) is 20.8. The second-order valence-corrected chi connectivity index (χ2v) is 11.9. The maximum atomic E-state index is 12.2. The topological polar surface area (TPSA) is 113 Å². The van der Waals surface area contributed by atoms with Crippen molar-refractivity contribution in [2.24, 2.45) is 11.8 Å². The number of amides is 1. The smallest absolute Gasteiger partial charge is 0.411 e. The first-order chi connectivity index (χ1) is 16.7. The van der Waals surface area contributed by atoms with Crippen molar-refractivity contribution >= 4 is 38.2 Å². The molecule has 1 heterocycles. The molecule has 2 aromatic carbocycles. The summed E-state index contributed by atoms with van der Waals surface area (Å²) >= 11 is 0. The number of ether oxygens (including phenoxy) is 2. The van der Waals surface area contributed by atoms with Crippen molar-refractivity contribution in [3.63, 3.8) is 0 Å². The first-order valence-electron chi connectivity index (χ1n) is 12.0. The molecule has 2 aliphatic rings. The van der Waals surface area contributed by atoms with Gasteiger partial charge in [-0.3, -0.25) is 5.32 Å². The number of nitrogens with two attached hydrogens (primary N) is 1. The minimum atomic E-state index is -3.25. The van der Waals surface area contributed by atoms with E-state index in [2.05, 4.69) is 9.88 Å². The molecule has 2 fully saturated rings. The van der Waals surface area contributed by atoms with E-state index in [4.69, 9.17) is 15.2 Å². The minimum Gasteiger partial charge on any atom is -0.478 e. The van der Waals surface area contributed by atoms with Gasteiger partial charge in [0.2, 0.25) is 0 Å². The van der Waals surface area contributed by atoms with E-state index in [1.54, 1.807) is 6.07 Å². The Morgan fingerprint density at radius 3 is 2.49 bits per heavy atom. The van der Waals surface area contributed by atoms with Gasteiger partial charge in [0.25, 0.3) is 0 Å². The molecule has 0 unspecified atom stereocenters. The van der Waals surface area contributed by atoms with Crippen LogP contribution in [0.1, 0.15) is 32.6 Å². The fourth-order valence-electron chi connectivity index (χ4n) is 4.37. The largest absolute Gasteiger partial charge is 0.478 e. The van der Waals surface area contributed by atoms with Gasteiger partial charge in [0.05, 0.1) is 16.9 Å². The second-order valence-electron chi connectivity index (χ2n) is 9.83. The van der Waals surface area contributed by atoms with Gasteiger partial charge in [0, 0.05) is 35.5 Å². The summed E-state index contributed by atoms with van der Waals surface area (Å²) in [5.74, 6) is 1.19. The van der Waals surface area contributed by atoms with Crippen LogP contribution in [0.4, 0.5) is 16.2 Å². The molecule has 1 aromatic heterocycles. The zero-order chi connectivity index (χ0) is 24.7. The Balaban J connectivity index is 1.42. The molecule has 1 amide bonds. The summed E-state index contributed by atoms with van der Waals surface area (Å²) in [6.45, 7) is 2.75. The van der Waals surface area contributed by atoms with Crippen LogP contribution in [0, 0.1) is 11.8 Å². The van der Waals surface area contributed by atoms with Crippen LogP contribution < -0.4 is 15.8 Å². The summed E-state index contributed by atoms with van der Waals surface area (Å²) in [5.41, 5.74) is 10.7. The average molecular weight is 498 g/mol. The number of anilines is 2. The summed E-state index contributed by atoms with van der Waals surface area (Å²) < 4.78 is 36.2. The van der Waals surface area contributed by atoms with Crippen molar-refractivity contribution in [1.29, 1.82) is 0 Å². The lowest BCUT2D eigenvalue weighted by molar-refractivity contribution is 0.108. The standard InChI is InChI=1S/C26H31N3O5S/c1-16(18-5-6-18)34-26(30)28-20-9-7-19(8-10-20)25-24(27)22-12-11-21(33-15-35(2,31)32)13-23(22)29(25)14-17-3-4-17/h7-13,16-18H,3-6,14-15,27H2,1-2H3,(H,28,30)/t16-/m1/s1.